The zero-order valence-corrected chi connectivity index (χ0v) is 16.5. The van der Waals surface area contributed by atoms with Crippen molar-refractivity contribution in [2.24, 2.45) is 0 Å². The number of methoxy groups -OCH3 is 2. The maximum atomic E-state index is 10.0. The molecule has 8 nitrogen and oxygen atoms in total. The van der Waals surface area contributed by atoms with E-state index in [0.29, 0.717) is 24.1 Å². The van der Waals surface area contributed by atoms with E-state index in [-0.39, 0.29) is 12.1 Å². The first kappa shape index (κ1) is 18.6. The number of thiophene rings is 1. The normalized spacial score (nSPS) is 16.8. The number of aliphatic hydroxyl groups excluding tert-OH is 1. The van der Waals surface area contributed by atoms with Crippen LogP contribution in [-0.2, 0) is 0 Å². The Bertz CT molecular complexity index is 928. The summed E-state index contributed by atoms with van der Waals surface area (Å²) in [6.07, 6.45) is 3.14. The van der Waals surface area contributed by atoms with Gasteiger partial charge in [0.2, 0.25) is 11.8 Å². The van der Waals surface area contributed by atoms with Crippen LogP contribution in [0.15, 0.2) is 29.8 Å². The molecule has 1 aliphatic heterocycles. The molecule has 9 heteroatoms. The van der Waals surface area contributed by atoms with E-state index in [1.807, 2.05) is 22.4 Å². The molecule has 0 amide bonds. The van der Waals surface area contributed by atoms with Gasteiger partial charge < -0.3 is 19.5 Å². The molecule has 0 spiro atoms. The Hall–Kier alpha value is -2.78. The molecule has 0 radical (unpaired) electrons. The van der Waals surface area contributed by atoms with Gasteiger partial charge in [-0.05, 0) is 24.3 Å². The minimum absolute atomic E-state index is 0.217. The number of hydrogen-bond donors (Lipinski definition) is 1. The van der Waals surface area contributed by atoms with Crippen molar-refractivity contribution in [2.75, 3.05) is 32.2 Å². The van der Waals surface area contributed by atoms with Gasteiger partial charge >= 0.3 is 6.01 Å². The summed E-state index contributed by atoms with van der Waals surface area (Å²) in [6, 6.07) is 5.95. The van der Waals surface area contributed by atoms with E-state index in [9.17, 15) is 5.11 Å². The first-order valence-corrected chi connectivity index (χ1v) is 9.87. The summed E-state index contributed by atoms with van der Waals surface area (Å²) >= 11 is 1.60. The highest BCUT2D eigenvalue weighted by molar-refractivity contribution is 7.13. The Morgan fingerprint density at radius 1 is 1.21 bits per heavy atom. The smallest absolute Gasteiger partial charge is 0.320 e. The van der Waals surface area contributed by atoms with Crippen LogP contribution in [0, 0.1) is 0 Å². The van der Waals surface area contributed by atoms with E-state index in [0.717, 1.165) is 35.5 Å². The molecule has 0 aliphatic carbocycles. The molecule has 0 saturated carbocycles. The standard InChI is InChI=1S/C19H21N5O3S/c1-26-16-9-14(21-19(22-16)27-2)13-10-20-18(24-7-3-5-12(25)11-24)23-17(13)15-6-4-8-28-15/h4,6,8-10,12,25H,3,5,7,11H2,1-2H3/t12-/m0/s1. The second kappa shape index (κ2) is 8.07. The van der Waals surface area contributed by atoms with Gasteiger partial charge in [0.25, 0.3) is 0 Å². The second-order valence-corrected chi connectivity index (χ2v) is 7.38. The molecular formula is C19H21N5O3S. The summed E-state index contributed by atoms with van der Waals surface area (Å²) in [5.41, 5.74) is 2.17. The lowest BCUT2D eigenvalue weighted by molar-refractivity contribution is 0.153. The largest absolute Gasteiger partial charge is 0.481 e. The van der Waals surface area contributed by atoms with Crippen LogP contribution in [0.5, 0.6) is 11.9 Å². The van der Waals surface area contributed by atoms with Gasteiger partial charge in [-0.3, -0.25) is 0 Å². The Balaban J connectivity index is 1.81. The number of rotatable bonds is 5. The molecule has 1 atom stereocenters. The van der Waals surface area contributed by atoms with Crippen LogP contribution in [0.25, 0.3) is 21.8 Å². The summed E-state index contributed by atoms with van der Waals surface area (Å²) in [5.74, 6) is 1.01. The van der Waals surface area contributed by atoms with Gasteiger partial charge in [0.15, 0.2) is 0 Å². The van der Waals surface area contributed by atoms with Gasteiger partial charge in [-0.25, -0.2) is 9.97 Å². The van der Waals surface area contributed by atoms with Gasteiger partial charge in [0, 0.05) is 30.9 Å². The van der Waals surface area contributed by atoms with Crippen LogP contribution < -0.4 is 14.4 Å². The minimum Gasteiger partial charge on any atom is -0.481 e. The van der Waals surface area contributed by atoms with E-state index >= 15 is 0 Å². The molecule has 28 heavy (non-hydrogen) atoms. The first-order valence-electron chi connectivity index (χ1n) is 8.99. The highest BCUT2D eigenvalue weighted by Gasteiger charge is 2.22. The lowest BCUT2D eigenvalue weighted by Gasteiger charge is -2.30. The quantitative estimate of drug-likeness (QED) is 0.700. The van der Waals surface area contributed by atoms with Gasteiger partial charge in [-0.2, -0.15) is 9.97 Å². The molecular weight excluding hydrogens is 378 g/mol. The fourth-order valence-electron chi connectivity index (χ4n) is 3.19. The molecule has 146 valence electrons. The zero-order chi connectivity index (χ0) is 19.5. The van der Waals surface area contributed by atoms with E-state index in [1.165, 1.54) is 7.11 Å². The summed E-state index contributed by atoms with van der Waals surface area (Å²) in [5, 5.41) is 12.0. The fourth-order valence-corrected chi connectivity index (χ4v) is 3.92. The lowest BCUT2D eigenvalue weighted by atomic mass is 10.1. The van der Waals surface area contributed by atoms with Gasteiger partial charge in [0.05, 0.1) is 36.6 Å². The Morgan fingerprint density at radius 2 is 2.11 bits per heavy atom. The maximum absolute atomic E-state index is 10.0. The number of hydrogen-bond acceptors (Lipinski definition) is 9. The second-order valence-electron chi connectivity index (χ2n) is 6.43. The van der Waals surface area contributed by atoms with Crippen molar-refractivity contribution in [1.82, 2.24) is 19.9 Å². The molecule has 3 aromatic heterocycles. The van der Waals surface area contributed by atoms with E-state index < -0.39 is 0 Å². The zero-order valence-electron chi connectivity index (χ0n) is 15.7. The predicted molar refractivity (Wildman–Crippen MR) is 107 cm³/mol. The monoisotopic (exact) mass is 399 g/mol. The number of anilines is 1. The molecule has 1 fully saturated rings. The van der Waals surface area contributed by atoms with Gasteiger partial charge in [-0.1, -0.05) is 6.07 Å². The Labute approximate surface area is 166 Å². The third-order valence-corrected chi connectivity index (χ3v) is 5.44. The van der Waals surface area contributed by atoms with Crippen LogP contribution in [0.1, 0.15) is 12.8 Å². The summed E-state index contributed by atoms with van der Waals surface area (Å²) in [4.78, 5) is 21.0. The predicted octanol–water partition coefficient (Wildman–Crippen LogP) is 2.64. The van der Waals surface area contributed by atoms with Crippen molar-refractivity contribution in [3.8, 4) is 33.7 Å². The van der Waals surface area contributed by atoms with Crippen molar-refractivity contribution in [3.63, 3.8) is 0 Å². The number of aliphatic hydroxyl groups is 1. The summed E-state index contributed by atoms with van der Waals surface area (Å²) < 4.78 is 10.5. The topological polar surface area (TPSA) is 93.5 Å². The number of piperidine rings is 1. The highest BCUT2D eigenvalue weighted by Crippen LogP contribution is 2.35. The maximum Gasteiger partial charge on any atom is 0.320 e. The van der Waals surface area contributed by atoms with Crippen LogP contribution in [-0.4, -0.2) is 58.5 Å². The van der Waals surface area contributed by atoms with E-state index in [1.54, 1.807) is 30.7 Å². The number of β-amino-alcohol motifs (C(OH)–C–C–N with tert-alkyl or cyclic N) is 1. The lowest BCUT2D eigenvalue weighted by Crippen LogP contribution is -2.39. The first-order chi connectivity index (χ1) is 13.7. The molecule has 1 saturated heterocycles. The number of nitrogens with zero attached hydrogens (tertiary/aromatic N) is 5. The molecule has 1 aliphatic rings. The highest BCUT2D eigenvalue weighted by atomic mass is 32.1. The molecule has 1 N–H and O–H groups in total. The fraction of sp³-hybridized carbons (Fsp3) is 0.368. The van der Waals surface area contributed by atoms with Crippen LogP contribution in [0.4, 0.5) is 5.95 Å². The average molecular weight is 399 g/mol. The third kappa shape index (κ3) is 3.76. The van der Waals surface area contributed by atoms with Gasteiger partial charge in [0.1, 0.15) is 0 Å². The average Bonchev–Trinajstić information content (AvgIpc) is 3.27. The van der Waals surface area contributed by atoms with Crippen LogP contribution in [0.2, 0.25) is 0 Å². The molecule has 0 unspecified atom stereocenters. The molecule has 4 heterocycles. The Kier molecular flexibility index (Phi) is 5.36. The molecule has 4 rings (SSSR count). The van der Waals surface area contributed by atoms with Gasteiger partial charge in [-0.15, -0.1) is 11.3 Å². The number of ether oxygens (including phenoxy) is 2. The third-order valence-electron chi connectivity index (χ3n) is 4.56. The van der Waals surface area contributed by atoms with Crippen molar-refractivity contribution >= 4 is 17.3 Å². The van der Waals surface area contributed by atoms with Crippen molar-refractivity contribution < 1.29 is 14.6 Å². The van der Waals surface area contributed by atoms with Crippen molar-refractivity contribution in [2.45, 2.75) is 18.9 Å². The summed E-state index contributed by atoms with van der Waals surface area (Å²) in [6.45, 7) is 1.37. The number of aromatic nitrogens is 4. The Morgan fingerprint density at radius 3 is 2.82 bits per heavy atom. The SMILES string of the molecule is COc1cc(-c2cnc(N3CCC[C@H](O)C3)nc2-c2cccs2)nc(OC)n1. The van der Waals surface area contributed by atoms with Crippen molar-refractivity contribution in [1.29, 1.82) is 0 Å². The molecule has 0 bridgehead atoms. The van der Waals surface area contributed by atoms with E-state index in [2.05, 4.69) is 15.0 Å². The van der Waals surface area contributed by atoms with Crippen LogP contribution in [0.3, 0.4) is 0 Å². The van der Waals surface area contributed by atoms with E-state index in [4.69, 9.17) is 14.5 Å². The molecule has 3 aromatic rings. The minimum atomic E-state index is -0.349. The summed E-state index contributed by atoms with van der Waals surface area (Å²) in [7, 11) is 3.06. The van der Waals surface area contributed by atoms with Crippen LogP contribution >= 0.6 is 11.3 Å². The van der Waals surface area contributed by atoms with Crippen molar-refractivity contribution in [3.05, 3.63) is 29.8 Å². The molecule has 0 aromatic carbocycles.